The summed E-state index contributed by atoms with van der Waals surface area (Å²) in [6.45, 7) is 2.10. The number of hydrogen-bond donors (Lipinski definition) is 1. The van der Waals surface area contributed by atoms with Gasteiger partial charge in [-0.2, -0.15) is 0 Å². The second kappa shape index (κ2) is 7.13. The van der Waals surface area contributed by atoms with E-state index in [1.54, 1.807) is 0 Å². The summed E-state index contributed by atoms with van der Waals surface area (Å²) in [5.74, 6) is 0.328. The Bertz CT molecular complexity index is 587. The summed E-state index contributed by atoms with van der Waals surface area (Å²) in [6, 6.07) is 8.16. The Balaban J connectivity index is 1.54. The van der Waals surface area contributed by atoms with E-state index in [-0.39, 0.29) is 17.9 Å². The molecule has 1 atom stereocenters. The second-order valence-corrected chi connectivity index (χ2v) is 6.52. The predicted octanol–water partition coefficient (Wildman–Crippen LogP) is 1.70. The highest BCUT2D eigenvalue weighted by molar-refractivity contribution is 5.96. The number of aryl methyl sites for hydroxylation is 1. The maximum Gasteiger partial charge on any atom is 0.227 e. The van der Waals surface area contributed by atoms with Crippen molar-refractivity contribution in [3.05, 3.63) is 29.8 Å². The van der Waals surface area contributed by atoms with E-state index in [2.05, 4.69) is 6.07 Å². The Morgan fingerprint density at radius 1 is 1.26 bits per heavy atom. The van der Waals surface area contributed by atoms with E-state index < -0.39 is 0 Å². The minimum absolute atomic E-state index is 0.114. The van der Waals surface area contributed by atoms with Gasteiger partial charge in [-0.1, -0.05) is 18.2 Å². The van der Waals surface area contributed by atoms with Crippen molar-refractivity contribution in [1.82, 2.24) is 4.90 Å². The van der Waals surface area contributed by atoms with Crippen molar-refractivity contribution in [2.75, 3.05) is 24.5 Å². The quantitative estimate of drug-likeness (QED) is 0.919. The summed E-state index contributed by atoms with van der Waals surface area (Å²) >= 11 is 0. The molecule has 5 heteroatoms. The minimum atomic E-state index is 0.114. The van der Waals surface area contributed by atoms with Crippen LogP contribution >= 0.6 is 0 Å². The molecule has 0 radical (unpaired) electrons. The Kier molecular flexibility index (Phi) is 4.96. The Labute approximate surface area is 137 Å². The molecule has 2 heterocycles. The molecule has 0 saturated carbocycles. The molecule has 1 aromatic carbocycles. The molecule has 5 nitrogen and oxygen atoms in total. The van der Waals surface area contributed by atoms with Gasteiger partial charge in [0, 0.05) is 44.2 Å². The summed E-state index contributed by atoms with van der Waals surface area (Å²) in [7, 11) is 0. The fourth-order valence-corrected chi connectivity index (χ4v) is 3.52. The maximum absolute atomic E-state index is 12.3. The number of para-hydroxylation sites is 1. The van der Waals surface area contributed by atoms with Crippen LogP contribution < -0.4 is 10.6 Å². The van der Waals surface area contributed by atoms with Gasteiger partial charge in [0.2, 0.25) is 11.8 Å². The molecule has 1 fully saturated rings. The zero-order valence-electron chi connectivity index (χ0n) is 13.5. The first kappa shape index (κ1) is 16.0. The van der Waals surface area contributed by atoms with Crippen LogP contribution in [0.1, 0.15) is 37.7 Å². The van der Waals surface area contributed by atoms with Crippen LogP contribution in [0.15, 0.2) is 24.3 Å². The number of amides is 2. The first-order valence-electron chi connectivity index (χ1n) is 8.57. The van der Waals surface area contributed by atoms with Gasteiger partial charge in [-0.3, -0.25) is 9.59 Å². The summed E-state index contributed by atoms with van der Waals surface area (Å²) in [5, 5.41) is 0. The van der Waals surface area contributed by atoms with Gasteiger partial charge in [-0.15, -0.1) is 0 Å². The molecule has 2 aliphatic rings. The number of hydrogen-bond acceptors (Lipinski definition) is 3. The fourth-order valence-electron chi connectivity index (χ4n) is 3.52. The van der Waals surface area contributed by atoms with Crippen molar-refractivity contribution < 1.29 is 9.59 Å². The van der Waals surface area contributed by atoms with E-state index in [4.69, 9.17) is 5.73 Å². The minimum Gasteiger partial charge on any atom is -0.341 e. The lowest BCUT2D eigenvalue weighted by atomic mass is 10.0. The number of nitrogens with two attached hydrogens (primary N) is 1. The molecule has 2 aliphatic heterocycles. The lowest BCUT2D eigenvalue weighted by Crippen LogP contribution is -2.45. The SMILES string of the molecule is NC1CCCN(C(=O)CCCN2C(=O)CCc3ccccc32)C1. The topological polar surface area (TPSA) is 66.6 Å². The van der Waals surface area contributed by atoms with Crippen molar-refractivity contribution in [3.8, 4) is 0 Å². The number of anilines is 1. The molecule has 1 aromatic rings. The molecule has 0 aromatic heterocycles. The third-order valence-corrected chi connectivity index (χ3v) is 4.77. The van der Waals surface area contributed by atoms with Crippen LogP contribution in [0.5, 0.6) is 0 Å². The lowest BCUT2D eigenvalue weighted by molar-refractivity contribution is -0.132. The molecule has 124 valence electrons. The van der Waals surface area contributed by atoms with E-state index >= 15 is 0 Å². The van der Waals surface area contributed by atoms with E-state index in [1.165, 1.54) is 5.56 Å². The van der Waals surface area contributed by atoms with E-state index in [1.807, 2.05) is 28.0 Å². The molecule has 0 spiro atoms. The van der Waals surface area contributed by atoms with Gasteiger partial charge >= 0.3 is 0 Å². The van der Waals surface area contributed by atoms with Gasteiger partial charge in [-0.05, 0) is 37.3 Å². The van der Waals surface area contributed by atoms with E-state index in [9.17, 15) is 9.59 Å². The third-order valence-electron chi connectivity index (χ3n) is 4.77. The van der Waals surface area contributed by atoms with E-state index in [0.29, 0.717) is 32.4 Å². The van der Waals surface area contributed by atoms with Crippen molar-refractivity contribution in [2.45, 2.75) is 44.6 Å². The predicted molar refractivity (Wildman–Crippen MR) is 90.1 cm³/mol. The number of likely N-dealkylation sites (tertiary alicyclic amines) is 1. The van der Waals surface area contributed by atoms with E-state index in [0.717, 1.165) is 31.5 Å². The largest absolute Gasteiger partial charge is 0.341 e. The molecule has 1 saturated heterocycles. The number of benzene rings is 1. The number of nitrogens with zero attached hydrogens (tertiary/aromatic N) is 2. The zero-order valence-corrected chi connectivity index (χ0v) is 13.5. The number of piperidine rings is 1. The van der Waals surface area contributed by atoms with Gasteiger partial charge < -0.3 is 15.5 Å². The normalized spacial score (nSPS) is 21.3. The standard InChI is InChI=1S/C18H25N3O2/c19-15-6-3-11-20(13-15)17(22)8-4-12-21-16-7-2-1-5-14(16)9-10-18(21)23/h1-2,5,7,15H,3-4,6,8-13,19H2. The third kappa shape index (κ3) is 3.72. The van der Waals surface area contributed by atoms with Crippen LogP contribution in [0, 0.1) is 0 Å². The second-order valence-electron chi connectivity index (χ2n) is 6.52. The summed E-state index contributed by atoms with van der Waals surface area (Å²) in [6.07, 6.45) is 4.55. The number of carbonyl (C=O) groups excluding carboxylic acids is 2. The highest BCUT2D eigenvalue weighted by Crippen LogP contribution is 2.27. The maximum atomic E-state index is 12.3. The molecule has 2 N–H and O–H groups in total. The van der Waals surface area contributed by atoms with Crippen LogP contribution in [0.4, 0.5) is 5.69 Å². The average Bonchev–Trinajstić information content (AvgIpc) is 2.56. The summed E-state index contributed by atoms with van der Waals surface area (Å²) in [4.78, 5) is 28.2. The summed E-state index contributed by atoms with van der Waals surface area (Å²) < 4.78 is 0. The van der Waals surface area contributed by atoms with Gasteiger partial charge in [0.15, 0.2) is 0 Å². The Hall–Kier alpha value is -1.88. The highest BCUT2D eigenvalue weighted by atomic mass is 16.2. The molecule has 2 amide bonds. The van der Waals surface area contributed by atoms with Gasteiger partial charge in [0.1, 0.15) is 0 Å². The first-order valence-corrected chi connectivity index (χ1v) is 8.57. The van der Waals surface area contributed by atoms with Crippen molar-refractivity contribution in [2.24, 2.45) is 5.73 Å². The molecular weight excluding hydrogens is 290 g/mol. The van der Waals surface area contributed by atoms with Crippen LogP contribution in [0.3, 0.4) is 0 Å². The summed E-state index contributed by atoms with van der Waals surface area (Å²) in [5.41, 5.74) is 8.17. The molecule has 1 unspecified atom stereocenters. The Morgan fingerprint density at radius 3 is 2.91 bits per heavy atom. The number of carbonyl (C=O) groups is 2. The molecule has 0 aliphatic carbocycles. The average molecular weight is 315 g/mol. The molecule has 23 heavy (non-hydrogen) atoms. The lowest BCUT2D eigenvalue weighted by Gasteiger charge is -2.32. The van der Waals surface area contributed by atoms with Crippen molar-refractivity contribution in [3.63, 3.8) is 0 Å². The monoisotopic (exact) mass is 315 g/mol. The van der Waals surface area contributed by atoms with Gasteiger partial charge in [0.25, 0.3) is 0 Å². The molecule has 0 bridgehead atoms. The number of fused-ring (bicyclic) bond motifs is 1. The molecular formula is C18H25N3O2. The van der Waals surface area contributed by atoms with Gasteiger partial charge in [0.05, 0.1) is 0 Å². The molecule has 3 rings (SSSR count). The van der Waals surface area contributed by atoms with Crippen molar-refractivity contribution in [1.29, 1.82) is 0 Å². The van der Waals surface area contributed by atoms with Crippen LogP contribution in [-0.4, -0.2) is 42.4 Å². The smallest absolute Gasteiger partial charge is 0.227 e. The highest BCUT2D eigenvalue weighted by Gasteiger charge is 2.24. The Morgan fingerprint density at radius 2 is 2.09 bits per heavy atom. The van der Waals surface area contributed by atoms with Gasteiger partial charge in [-0.25, -0.2) is 0 Å². The number of rotatable bonds is 4. The van der Waals surface area contributed by atoms with Crippen molar-refractivity contribution >= 4 is 17.5 Å². The van der Waals surface area contributed by atoms with Crippen LogP contribution in [0.25, 0.3) is 0 Å². The first-order chi connectivity index (χ1) is 11.1. The zero-order chi connectivity index (χ0) is 16.2. The van der Waals surface area contributed by atoms with Crippen LogP contribution in [-0.2, 0) is 16.0 Å². The fraction of sp³-hybridized carbons (Fsp3) is 0.556. The van der Waals surface area contributed by atoms with Crippen LogP contribution in [0.2, 0.25) is 0 Å².